The monoisotopic (exact) mass is 410 g/mol. The number of phenolic OH excluding ortho intramolecular Hbond substituents is 2. The molecular weight excluding hydrogens is 396 g/mol. The third kappa shape index (κ3) is 2.41. The van der Waals surface area contributed by atoms with Crippen LogP contribution in [0.2, 0.25) is 0 Å². The van der Waals surface area contributed by atoms with Crippen molar-refractivity contribution >= 4 is 23.2 Å². The number of phenols is 2. The van der Waals surface area contributed by atoms with E-state index in [1.54, 1.807) is 0 Å². The van der Waals surface area contributed by atoms with E-state index >= 15 is 8.78 Å². The summed E-state index contributed by atoms with van der Waals surface area (Å²) in [6.07, 6.45) is -11.5. The number of rotatable bonds is 2. The van der Waals surface area contributed by atoms with Crippen LogP contribution < -0.4 is 9.80 Å². The molecule has 6 nitrogen and oxygen atoms in total. The van der Waals surface area contributed by atoms with Gasteiger partial charge in [-0.2, -0.15) is 0 Å². The Morgan fingerprint density at radius 2 is 0.966 bits per heavy atom. The van der Waals surface area contributed by atoms with Gasteiger partial charge in [0.15, 0.2) is 18.0 Å². The van der Waals surface area contributed by atoms with Crippen molar-refractivity contribution in [2.75, 3.05) is 9.80 Å². The molecule has 0 aromatic heterocycles. The van der Waals surface area contributed by atoms with Crippen molar-refractivity contribution in [1.29, 1.82) is 0 Å². The van der Waals surface area contributed by atoms with Gasteiger partial charge in [0.2, 0.25) is 12.3 Å². The Labute approximate surface area is 161 Å². The molecule has 0 saturated carbocycles. The molecule has 2 fully saturated rings. The van der Waals surface area contributed by atoms with Crippen LogP contribution in [0.4, 0.5) is 28.9 Å². The highest BCUT2D eigenvalue weighted by molar-refractivity contribution is 6.10. The summed E-state index contributed by atoms with van der Waals surface area (Å²) in [6.45, 7) is 0. The Bertz CT molecular complexity index is 890. The van der Waals surface area contributed by atoms with Crippen LogP contribution >= 0.6 is 0 Å². The third-order valence-corrected chi connectivity index (χ3v) is 5.17. The van der Waals surface area contributed by atoms with Crippen molar-refractivity contribution in [2.24, 2.45) is 0 Å². The molecule has 1 spiro atoms. The molecule has 0 aliphatic carbocycles. The van der Waals surface area contributed by atoms with Gasteiger partial charge in [-0.3, -0.25) is 19.4 Å². The van der Waals surface area contributed by atoms with Crippen molar-refractivity contribution in [3.63, 3.8) is 0 Å². The first kappa shape index (κ1) is 19.0. The highest BCUT2D eigenvalue weighted by Gasteiger charge is 2.75. The zero-order chi connectivity index (χ0) is 21.1. The maximum Gasteiger partial charge on any atom is 0.266 e. The first-order valence-electron chi connectivity index (χ1n) is 8.53. The molecule has 152 valence electrons. The van der Waals surface area contributed by atoms with E-state index in [-0.39, 0.29) is 22.9 Å². The summed E-state index contributed by atoms with van der Waals surface area (Å²) >= 11 is 0. The number of halogens is 4. The zero-order valence-corrected chi connectivity index (χ0v) is 14.5. The molecule has 4 unspecified atom stereocenters. The predicted molar refractivity (Wildman–Crippen MR) is 93.5 cm³/mol. The lowest BCUT2D eigenvalue weighted by Crippen LogP contribution is -2.65. The van der Waals surface area contributed by atoms with E-state index in [1.807, 2.05) is 0 Å². The minimum absolute atomic E-state index is 0.232. The molecule has 4 atom stereocenters. The van der Waals surface area contributed by atoms with Gasteiger partial charge in [-0.05, 0) is 48.5 Å². The van der Waals surface area contributed by atoms with Crippen molar-refractivity contribution in [3.8, 4) is 11.5 Å². The molecular formula is C19H14F4N2O4. The van der Waals surface area contributed by atoms with Crippen molar-refractivity contribution in [2.45, 2.75) is 30.3 Å². The van der Waals surface area contributed by atoms with E-state index in [4.69, 9.17) is 0 Å². The second-order valence-electron chi connectivity index (χ2n) is 6.77. The van der Waals surface area contributed by atoms with Crippen LogP contribution in [-0.4, -0.2) is 52.4 Å². The molecule has 0 bridgehead atoms. The van der Waals surface area contributed by atoms with E-state index < -0.39 is 42.2 Å². The van der Waals surface area contributed by atoms with Crippen molar-refractivity contribution in [1.82, 2.24) is 0 Å². The number of hydrogen-bond acceptors (Lipinski definition) is 4. The highest BCUT2D eigenvalue weighted by atomic mass is 19.2. The number of alkyl halides is 4. The first-order chi connectivity index (χ1) is 13.7. The average molecular weight is 410 g/mol. The number of carbonyl (C=O) groups excluding carboxylic acids is 2. The molecule has 2 aromatic carbocycles. The van der Waals surface area contributed by atoms with Crippen LogP contribution in [-0.2, 0) is 9.59 Å². The molecule has 2 aliphatic heterocycles. The van der Waals surface area contributed by atoms with E-state index in [1.165, 1.54) is 0 Å². The van der Waals surface area contributed by atoms with Gasteiger partial charge in [0, 0.05) is 11.4 Å². The van der Waals surface area contributed by atoms with Gasteiger partial charge in [-0.15, -0.1) is 0 Å². The van der Waals surface area contributed by atoms with Crippen molar-refractivity contribution < 1.29 is 37.4 Å². The fourth-order valence-corrected chi connectivity index (χ4v) is 3.90. The Morgan fingerprint density at radius 3 is 1.28 bits per heavy atom. The normalized spacial score (nSPS) is 31.9. The zero-order valence-electron chi connectivity index (χ0n) is 14.5. The number of hydrogen-bond donors (Lipinski definition) is 2. The summed E-state index contributed by atoms with van der Waals surface area (Å²) in [6, 6.07) is 8.76. The molecule has 2 amide bonds. The lowest BCUT2D eigenvalue weighted by Gasteiger charge is -2.43. The SMILES string of the molecule is O=C1C(F)C(F)C2(C(F)C(F)C(=O)N2c2ccc(O)cc2)N1c1ccc(O)cc1. The van der Waals surface area contributed by atoms with Crippen LogP contribution in [0.25, 0.3) is 0 Å². The fourth-order valence-electron chi connectivity index (χ4n) is 3.90. The lowest BCUT2D eigenvalue weighted by atomic mass is 9.97. The quantitative estimate of drug-likeness (QED) is 0.746. The van der Waals surface area contributed by atoms with Crippen molar-refractivity contribution in [3.05, 3.63) is 48.5 Å². The number of anilines is 2. The molecule has 4 rings (SSSR count). The number of carbonyl (C=O) groups is 2. The fraction of sp³-hybridized carbons (Fsp3) is 0.263. The lowest BCUT2D eigenvalue weighted by molar-refractivity contribution is -0.122. The standard InChI is InChI=1S/C19H14F4N2O4/c20-13-15(22)19(24(17(13)28)9-1-5-11(26)6-2-9)16(23)14(21)18(29)25(19)10-3-7-12(27)8-4-10/h1-8,13-16,26-27H. The van der Waals surface area contributed by atoms with Gasteiger partial charge in [-0.25, -0.2) is 17.6 Å². The Hall–Kier alpha value is -3.30. The van der Waals surface area contributed by atoms with Gasteiger partial charge >= 0.3 is 0 Å². The van der Waals surface area contributed by atoms with Gasteiger partial charge < -0.3 is 10.2 Å². The predicted octanol–water partition coefficient (Wildman–Crippen LogP) is 2.54. The number of benzene rings is 2. The number of nitrogens with zero attached hydrogens (tertiary/aromatic N) is 2. The second-order valence-corrected chi connectivity index (χ2v) is 6.77. The molecule has 2 saturated heterocycles. The maximum atomic E-state index is 15.2. The van der Waals surface area contributed by atoms with Gasteiger partial charge in [-0.1, -0.05) is 0 Å². The van der Waals surface area contributed by atoms with E-state index in [9.17, 15) is 28.6 Å². The summed E-state index contributed by atoms with van der Waals surface area (Å²) in [5.74, 6) is -3.45. The second kappa shape index (κ2) is 6.36. The molecule has 2 N–H and O–H groups in total. The maximum absolute atomic E-state index is 15.2. The van der Waals surface area contributed by atoms with Crippen LogP contribution in [0.1, 0.15) is 0 Å². The average Bonchev–Trinajstić information content (AvgIpc) is 3.02. The molecule has 2 heterocycles. The van der Waals surface area contributed by atoms with E-state index in [2.05, 4.69) is 0 Å². The van der Waals surface area contributed by atoms with Crippen LogP contribution in [0, 0.1) is 0 Å². The number of aromatic hydroxyl groups is 2. The Kier molecular flexibility index (Phi) is 4.18. The molecule has 2 aliphatic rings. The molecule has 10 heteroatoms. The largest absolute Gasteiger partial charge is 0.508 e. The van der Waals surface area contributed by atoms with Gasteiger partial charge in [0.1, 0.15) is 11.5 Å². The summed E-state index contributed by atoms with van der Waals surface area (Å²) < 4.78 is 59.5. The van der Waals surface area contributed by atoms with Crippen LogP contribution in [0.3, 0.4) is 0 Å². The van der Waals surface area contributed by atoms with E-state index in [0.717, 1.165) is 48.5 Å². The van der Waals surface area contributed by atoms with Gasteiger partial charge in [0.25, 0.3) is 11.8 Å². The topological polar surface area (TPSA) is 81.1 Å². The van der Waals surface area contributed by atoms with Crippen LogP contribution in [0.15, 0.2) is 48.5 Å². The minimum Gasteiger partial charge on any atom is -0.508 e. The van der Waals surface area contributed by atoms with Gasteiger partial charge in [0.05, 0.1) is 0 Å². The summed E-state index contributed by atoms with van der Waals surface area (Å²) in [4.78, 5) is 25.8. The molecule has 2 aromatic rings. The third-order valence-electron chi connectivity index (χ3n) is 5.17. The summed E-state index contributed by atoms with van der Waals surface area (Å²) in [5.41, 5.74) is -3.42. The minimum atomic E-state index is -2.96. The molecule has 29 heavy (non-hydrogen) atoms. The summed E-state index contributed by atoms with van der Waals surface area (Å²) in [7, 11) is 0. The van der Waals surface area contributed by atoms with Crippen LogP contribution in [0.5, 0.6) is 11.5 Å². The first-order valence-corrected chi connectivity index (χ1v) is 8.53. The Balaban J connectivity index is 1.98. The summed E-state index contributed by atoms with van der Waals surface area (Å²) in [5, 5.41) is 18.9. The Morgan fingerprint density at radius 1 is 0.655 bits per heavy atom. The highest BCUT2D eigenvalue weighted by Crippen LogP contribution is 2.51. The van der Waals surface area contributed by atoms with E-state index in [0.29, 0.717) is 9.80 Å². The smallest absolute Gasteiger partial charge is 0.266 e. The number of amides is 2. The molecule has 0 radical (unpaired) electrons.